The maximum absolute atomic E-state index is 12.9. The fourth-order valence-electron chi connectivity index (χ4n) is 3.29. The molecule has 3 rings (SSSR count). The van der Waals surface area contributed by atoms with Crippen LogP contribution in [0.4, 0.5) is 5.69 Å². The van der Waals surface area contributed by atoms with E-state index in [1.165, 1.54) is 0 Å². The largest absolute Gasteiger partial charge is 0.368 e. The van der Waals surface area contributed by atoms with E-state index in [0.29, 0.717) is 25.9 Å². The van der Waals surface area contributed by atoms with Crippen LogP contribution < -0.4 is 10.2 Å². The SMILES string of the molecule is COC1(C(=O)N2CCN(c3cnn(C)c3)C(=O)C2)CCNCC1. The average molecular weight is 321 g/mol. The molecule has 0 saturated carbocycles. The Bertz CT molecular complexity index is 594. The number of piperazine rings is 1. The van der Waals surface area contributed by atoms with Crippen LogP contribution in [0.15, 0.2) is 12.4 Å². The lowest BCUT2D eigenvalue weighted by molar-refractivity contribution is -0.160. The molecule has 0 bridgehead atoms. The molecule has 1 aromatic heterocycles. The molecule has 8 nitrogen and oxygen atoms in total. The number of rotatable bonds is 3. The summed E-state index contributed by atoms with van der Waals surface area (Å²) in [6.07, 6.45) is 4.75. The van der Waals surface area contributed by atoms with Crippen molar-refractivity contribution < 1.29 is 14.3 Å². The van der Waals surface area contributed by atoms with Gasteiger partial charge < -0.3 is 19.9 Å². The van der Waals surface area contributed by atoms with Gasteiger partial charge >= 0.3 is 0 Å². The van der Waals surface area contributed by atoms with Crippen LogP contribution in [0.1, 0.15) is 12.8 Å². The van der Waals surface area contributed by atoms with Crippen molar-refractivity contribution in [2.45, 2.75) is 18.4 Å². The highest BCUT2D eigenvalue weighted by Crippen LogP contribution is 2.26. The van der Waals surface area contributed by atoms with Crippen molar-refractivity contribution in [3.8, 4) is 0 Å². The Kier molecular flexibility index (Phi) is 4.36. The van der Waals surface area contributed by atoms with Gasteiger partial charge in [0.15, 0.2) is 0 Å². The number of aryl methyl sites for hydroxylation is 1. The summed E-state index contributed by atoms with van der Waals surface area (Å²) in [5.74, 6) is -0.154. The van der Waals surface area contributed by atoms with Gasteiger partial charge in [0.1, 0.15) is 12.1 Å². The summed E-state index contributed by atoms with van der Waals surface area (Å²) < 4.78 is 7.24. The smallest absolute Gasteiger partial charge is 0.255 e. The number of anilines is 1. The highest BCUT2D eigenvalue weighted by molar-refractivity contribution is 5.99. The number of piperidine rings is 1. The predicted molar refractivity (Wildman–Crippen MR) is 84.0 cm³/mol. The monoisotopic (exact) mass is 321 g/mol. The molecule has 1 aromatic rings. The van der Waals surface area contributed by atoms with Gasteiger partial charge in [-0.3, -0.25) is 14.3 Å². The molecule has 8 heteroatoms. The van der Waals surface area contributed by atoms with Gasteiger partial charge in [0.2, 0.25) is 5.91 Å². The molecule has 0 spiro atoms. The Hall–Kier alpha value is -1.93. The molecule has 2 amide bonds. The first-order valence-electron chi connectivity index (χ1n) is 7.90. The van der Waals surface area contributed by atoms with Crippen LogP contribution in [0.25, 0.3) is 0 Å². The van der Waals surface area contributed by atoms with Gasteiger partial charge in [-0.25, -0.2) is 0 Å². The van der Waals surface area contributed by atoms with E-state index in [0.717, 1.165) is 18.8 Å². The minimum absolute atomic E-state index is 0.0688. The highest BCUT2D eigenvalue weighted by atomic mass is 16.5. The predicted octanol–water partition coefficient (Wildman–Crippen LogP) is -0.636. The lowest BCUT2D eigenvalue weighted by atomic mass is 9.90. The van der Waals surface area contributed by atoms with Crippen molar-refractivity contribution in [2.75, 3.05) is 44.7 Å². The van der Waals surface area contributed by atoms with Gasteiger partial charge in [-0.1, -0.05) is 0 Å². The van der Waals surface area contributed by atoms with Gasteiger partial charge in [0.05, 0.1) is 11.9 Å². The Morgan fingerprint density at radius 3 is 2.65 bits per heavy atom. The topological polar surface area (TPSA) is 79.7 Å². The van der Waals surface area contributed by atoms with E-state index in [9.17, 15) is 9.59 Å². The molecule has 2 fully saturated rings. The van der Waals surface area contributed by atoms with E-state index in [4.69, 9.17) is 4.74 Å². The fraction of sp³-hybridized carbons (Fsp3) is 0.667. The highest BCUT2D eigenvalue weighted by Gasteiger charge is 2.44. The number of carbonyl (C=O) groups is 2. The molecule has 2 saturated heterocycles. The number of nitrogens with zero attached hydrogens (tertiary/aromatic N) is 4. The summed E-state index contributed by atoms with van der Waals surface area (Å²) in [7, 11) is 3.39. The summed E-state index contributed by atoms with van der Waals surface area (Å²) in [5.41, 5.74) is -0.0185. The lowest BCUT2D eigenvalue weighted by Gasteiger charge is -2.41. The van der Waals surface area contributed by atoms with E-state index < -0.39 is 5.60 Å². The minimum Gasteiger partial charge on any atom is -0.368 e. The maximum Gasteiger partial charge on any atom is 0.255 e. The Morgan fingerprint density at radius 1 is 1.35 bits per heavy atom. The molecule has 3 heterocycles. The summed E-state index contributed by atoms with van der Waals surface area (Å²) >= 11 is 0. The Balaban J connectivity index is 1.69. The number of methoxy groups -OCH3 is 1. The maximum atomic E-state index is 12.9. The lowest BCUT2D eigenvalue weighted by Crippen LogP contribution is -2.60. The second-order valence-electron chi connectivity index (χ2n) is 6.09. The van der Waals surface area contributed by atoms with E-state index in [-0.39, 0.29) is 18.4 Å². The van der Waals surface area contributed by atoms with Crippen LogP contribution in [0.3, 0.4) is 0 Å². The molecule has 23 heavy (non-hydrogen) atoms. The number of amides is 2. The second kappa shape index (κ2) is 6.29. The van der Waals surface area contributed by atoms with Crippen molar-refractivity contribution in [1.82, 2.24) is 20.0 Å². The van der Waals surface area contributed by atoms with Crippen LogP contribution in [-0.2, 0) is 21.4 Å². The number of hydrogen-bond acceptors (Lipinski definition) is 5. The Morgan fingerprint density at radius 2 is 2.09 bits per heavy atom. The standard InChI is InChI=1S/C15H23N5O3/c1-18-10-12(9-17-18)20-8-7-19(11-13(20)21)14(22)15(23-2)3-5-16-6-4-15/h9-10,16H,3-8,11H2,1-2H3. The first-order chi connectivity index (χ1) is 11.1. The van der Waals surface area contributed by atoms with Crippen LogP contribution in [0, 0.1) is 0 Å². The van der Waals surface area contributed by atoms with Crippen LogP contribution in [0.5, 0.6) is 0 Å². The zero-order valence-corrected chi connectivity index (χ0v) is 13.6. The van der Waals surface area contributed by atoms with Crippen molar-refractivity contribution >= 4 is 17.5 Å². The van der Waals surface area contributed by atoms with E-state index in [1.54, 1.807) is 34.0 Å². The molecular weight excluding hydrogens is 298 g/mol. The van der Waals surface area contributed by atoms with Gasteiger partial charge in [-0.15, -0.1) is 0 Å². The van der Waals surface area contributed by atoms with Gasteiger partial charge in [-0.05, 0) is 25.9 Å². The van der Waals surface area contributed by atoms with Crippen LogP contribution >= 0.6 is 0 Å². The number of hydrogen-bond donors (Lipinski definition) is 1. The zero-order valence-electron chi connectivity index (χ0n) is 13.6. The zero-order chi connectivity index (χ0) is 16.4. The normalized spacial score (nSPS) is 21.6. The van der Waals surface area contributed by atoms with Crippen molar-refractivity contribution in [3.05, 3.63) is 12.4 Å². The van der Waals surface area contributed by atoms with Gasteiger partial charge in [-0.2, -0.15) is 5.10 Å². The van der Waals surface area contributed by atoms with Crippen molar-refractivity contribution in [2.24, 2.45) is 7.05 Å². The number of ether oxygens (including phenoxy) is 1. The molecule has 0 unspecified atom stereocenters. The number of carbonyl (C=O) groups excluding carboxylic acids is 2. The summed E-state index contributed by atoms with van der Waals surface area (Å²) in [4.78, 5) is 28.6. The fourth-order valence-corrected chi connectivity index (χ4v) is 3.29. The molecule has 2 aliphatic rings. The first kappa shape index (κ1) is 15.9. The third-order valence-electron chi connectivity index (χ3n) is 4.70. The van der Waals surface area contributed by atoms with Gasteiger partial charge in [0, 0.05) is 33.4 Å². The molecule has 0 aromatic carbocycles. The molecule has 126 valence electrons. The van der Waals surface area contributed by atoms with Crippen molar-refractivity contribution in [1.29, 1.82) is 0 Å². The molecule has 0 atom stereocenters. The minimum atomic E-state index is -0.790. The summed E-state index contributed by atoms with van der Waals surface area (Å²) in [6, 6.07) is 0. The molecule has 1 N–H and O–H groups in total. The van der Waals surface area contributed by atoms with E-state index >= 15 is 0 Å². The molecular formula is C15H23N5O3. The average Bonchev–Trinajstić information content (AvgIpc) is 3.00. The summed E-state index contributed by atoms with van der Waals surface area (Å²) in [5, 5.41) is 7.33. The Labute approximate surface area is 135 Å². The third kappa shape index (κ3) is 2.96. The second-order valence-corrected chi connectivity index (χ2v) is 6.09. The third-order valence-corrected chi connectivity index (χ3v) is 4.70. The molecule has 0 radical (unpaired) electrons. The van der Waals surface area contributed by atoms with E-state index in [2.05, 4.69) is 10.4 Å². The van der Waals surface area contributed by atoms with Gasteiger partial charge in [0.25, 0.3) is 5.91 Å². The van der Waals surface area contributed by atoms with Crippen molar-refractivity contribution in [3.63, 3.8) is 0 Å². The van der Waals surface area contributed by atoms with Crippen LogP contribution in [-0.4, -0.2) is 71.9 Å². The number of nitrogens with one attached hydrogen (secondary N) is 1. The van der Waals surface area contributed by atoms with E-state index in [1.807, 2.05) is 7.05 Å². The summed E-state index contributed by atoms with van der Waals surface area (Å²) in [6.45, 7) is 2.59. The first-order valence-corrected chi connectivity index (χ1v) is 7.90. The molecule has 0 aliphatic carbocycles. The number of aromatic nitrogens is 2. The molecule has 2 aliphatic heterocycles. The quantitative estimate of drug-likeness (QED) is 0.801. The van der Waals surface area contributed by atoms with Crippen LogP contribution in [0.2, 0.25) is 0 Å².